The number of nitrogens with two attached hydrogens (primary N) is 1. The van der Waals surface area contributed by atoms with E-state index in [2.05, 4.69) is 6.58 Å². The molecule has 0 aliphatic carbocycles. The molecule has 0 saturated heterocycles. The van der Waals surface area contributed by atoms with Crippen molar-refractivity contribution in [1.29, 1.82) is 0 Å². The van der Waals surface area contributed by atoms with Crippen molar-refractivity contribution in [3.8, 4) is 0 Å². The number of rotatable bonds is 4. The molecular formula is C8H11NO2W. The number of ether oxygens (including phenoxy) is 1. The second-order valence-electron chi connectivity index (χ2n) is 1.98. The summed E-state index contributed by atoms with van der Waals surface area (Å²) in [4.78, 5) is 10.9. The first-order chi connectivity index (χ1) is 5.57. The first-order valence-electron chi connectivity index (χ1n) is 3.41. The van der Waals surface area contributed by atoms with Gasteiger partial charge in [-0.1, -0.05) is 0 Å². The Bertz CT molecular complexity index is 233. The zero-order chi connectivity index (χ0) is 9.56. The van der Waals surface area contributed by atoms with Gasteiger partial charge < -0.3 is 0 Å². The average Bonchev–Trinajstić information content (AvgIpc) is 2.00. The Hall–Kier alpha value is -0.532. The minimum absolute atomic E-state index is 0.320. The van der Waals surface area contributed by atoms with Crippen LogP contribution in [0.1, 0.15) is 6.92 Å². The minimum atomic E-state index is -0.398. The maximum absolute atomic E-state index is 10.9. The van der Waals surface area contributed by atoms with Gasteiger partial charge in [0, 0.05) is 0 Å². The molecule has 0 radical (unpaired) electrons. The normalized spacial score (nSPS) is 9.83. The van der Waals surface area contributed by atoms with Crippen LogP contribution in [0.2, 0.25) is 0 Å². The van der Waals surface area contributed by atoms with Crippen molar-refractivity contribution in [2.75, 3.05) is 6.61 Å². The summed E-state index contributed by atoms with van der Waals surface area (Å²) in [6, 6.07) is 0. The van der Waals surface area contributed by atoms with Gasteiger partial charge in [-0.15, -0.1) is 0 Å². The van der Waals surface area contributed by atoms with Crippen molar-refractivity contribution in [3.05, 3.63) is 24.3 Å². The standard InChI is InChI=1S/C8H11NO2.W/c1-3-11-8(10)7(2)5-4-6-9;/h4-5H,2-3,9H2,1H3;/b5-4-;. The molecule has 0 aromatic heterocycles. The third kappa shape index (κ3) is 5.16. The number of carbonyl (C=O) groups is 1. The van der Waals surface area contributed by atoms with Gasteiger partial charge >= 0.3 is 82.4 Å². The van der Waals surface area contributed by atoms with Crippen LogP contribution >= 0.6 is 0 Å². The zero-order valence-electron chi connectivity index (χ0n) is 6.87. The van der Waals surface area contributed by atoms with Gasteiger partial charge in [0.1, 0.15) is 0 Å². The van der Waals surface area contributed by atoms with E-state index in [0.717, 1.165) is 19.4 Å². The maximum atomic E-state index is 10.9. The van der Waals surface area contributed by atoms with Crippen LogP contribution in [0.15, 0.2) is 24.3 Å². The van der Waals surface area contributed by atoms with Gasteiger partial charge in [-0.05, 0) is 0 Å². The van der Waals surface area contributed by atoms with Crippen molar-refractivity contribution in [1.82, 2.24) is 0 Å². The van der Waals surface area contributed by atoms with Gasteiger partial charge in [-0.2, -0.15) is 0 Å². The van der Waals surface area contributed by atoms with E-state index in [1.807, 2.05) is 0 Å². The van der Waals surface area contributed by atoms with E-state index in [9.17, 15) is 4.79 Å². The summed E-state index contributed by atoms with van der Waals surface area (Å²) >= 11 is 1.16. The molecule has 0 aromatic carbocycles. The molecule has 0 rings (SSSR count). The molecule has 0 saturated carbocycles. The van der Waals surface area contributed by atoms with Crippen LogP contribution in [0.3, 0.4) is 0 Å². The Kier molecular flexibility index (Phi) is 5.77. The predicted octanol–water partition coefficient (Wildman–Crippen LogP) is 0.297. The van der Waals surface area contributed by atoms with E-state index in [1.54, 1.807) is 19.1 Å². The summed E-state index contributed by atoms with van der Waals surface area (Å²) in [7, 11) is 0. The van der Waals surface area contributed by atoms with Crippen molar-refractivity contribution in [2.24, 2.45) is 5.73 Å². The summed E-state index contributed by atoms with van der Waals surface area (Å²) in [5.41, 5.74) is 5.71. The SMILES string of the molecule is C=C(/C=C\[C](N)=[W])C(=O)OCC. The molecule has 66 valence electrons. The Morgan fingerprint density at radius 2 is 2.25 bits per heavy atom. The second kappa shape index (κ2) is 6.04. The van der Waals surface area contributed by atoms with E-state index in [-0.39, 0.29) is 0 Å². The Balaban J connectivity index is 4.04. The monoisotopic (exact) mass is 337 g/mol. The number of hydrogen-bond acceptors (Lipinski definition) is 3. The van der Waals surface area contributed by atoms with Crippen LogP contribution in [-0.2, 0) is 28.9 Å². The third-order valence-electron chi connectivity index (χ3n) is 0.986. The first kappa shape index (κ1) is 11.5. The third-order valence-corrected chi connectivity index (χ3v) is 1.48. The fourth-order valence-corrected chi connectivity index (χ4v) is 0.719. The van der Waals surface area contributed by atoms with Crippen LogP contribution in [-0.4, -0.2) is 16.6 Å². The van der Waals surface area contributed by atoms with E-state index < -0.39 is 5.97 Å². The zero-order valence-corrected chi connectivity index (χ0v) is 9.80. The van der Waals surface area contributed by atoms with Crippen molar-refractivity contribution < 1.29 is 28.9 Å². The van der Waals surface area contributed by atoms with Crippen molar-refractivity contribution in [2.45, 2.75) is 6.92 Å². The molecule has 4 heteroatoms. The number of esters is 1. The summed E-state index contributed by atoms with van der Waals surface area (Å²) in [5, 5.41) is 0. The average molecular weight is 337 g/mol. The van der Waals surface area contributed by atoms with Crippen LogP contribution < -0.4 is 5.73 Å². The molecular weight excluding hydrogens is 326 g/mol. The Morgan fingerprint density at radius 1 is 1.67 bits per heavy atom. The molecule has 0 unspecified atom stereocenters. The molecule has 0 aliphatic rings. The van der Waals surface area contributed by atoms with Crippen LogP contribution in [0.5, 0.6) is 0 Å². The van der Waals surface area contributed by atoms with Gasteiger partial charge in [-0.25, -0.2) is 0 Å². The van der Waals surface area contributed by atoms with Gasteiger partial charge in [0.2, 0.25) is 0 Å². The van der Waals surface area contributed by atoms with Gasteiger partial charge in [-0.3, -0.25) is 0 Å². The van der Waals surface area contributed by atoms with Crippen molar-refractivity contribution >= 4 is 9.99 Å². The fraction of sp³-hybridized carbons (Fsp3) is 0.250. The van der Waals surface area contributed by atoms with E-state index >= 15 is 0 Å². The first-order valence-corrected chi connectivity index (χ1v) is 4.88. The van der Waals surface area contributed by atoms with Crippen LogP contribution in [0, 0.1) is 0 Å². The molecule has 0 amide bonds. The molecule has 0 spiro atoms. The summed E-state index contributed by atoms with van der Waals surface area (Å²) < 4.78 is 5.41. The van der Waals surface area contributed by atoms with E-state index in [4.69, 9.17) is 10.5 Å². The Morgan fingerprint density at radius 3 is 2.67 bits per heavy atom. The quantitative estimate of drug-likeness (QED) is 0.456. The molecule has 0 atom stereocenters. The topological polar surface area (TPSA) is 52.3 Å². The summed E-state index contributed by atoms with van der Waals surface area (Å²) in [6.45, 7) is 5.64. The molecule has 0 aromatic rings. The predicted molar refractivity (Wildman–Crippen MR) is 44.1 cm³/mol. The van der Waals surface area contributed by atoms with E-state index in [1.165, 1.54) is 0 Å². The molecule has 0 bridgehead atoms. The number of carbonyl (C=O) groups excluding carboxylic acids is 1. The van der Waals surface area contributed by atoms with Crippen molar-refractivity contribution in [3.63, 3.8) is 0 Å². The van der Waals surface area contributed by atoms with Gasteiger partial charge in [0.15, 0.2) is 0 Å². The van der Waals surface area contributed by atoms with E-state index in [0.29, 0.717) is 16.2 Å². The van der Waals surface area contributed by atoms with Gasteiger partial charge in [0.05, 0.1) is 0 Å². The molecule has 0 aliphatic heterocycles. The molecule has 0 fully saturated rings. The molecule has 3 nitrogen and oxygen atoms in total. The summed E-state index contributed by atoms with van der Waals surface area (Å²) in [6.07, 6.45) is 3.20. The molecule has 2 N–H and O–H groups in total. The number of hydrogen-bond donors (Lipinski definition) is 1. The fourth-order valence-electron chi connectivity index (χ4n) is 0.475. The Labute approximate surface area is 82.7 Å². The van der Waals surface area contributed by atoms with Crippen LogP contribution in [0.4, 0.5) is 0 Å². The van der Waals surface area contributed by atoms with Gasteiger partial charge in [0.25, 0.3) is 0 Å². The second-order valence-corrected chi connectivity index (χ2v) is 3.68. The summed E-state index contributed by atoms with van der Waals surface area (Å²) in [5.74, 6) is -0.398. The molecule has 12 heavy (non-hydrogen) atoms. The molecule has 0 heterocycles. The van der Waals surface area contributed by atoms with Crippen LogP contribution in [0.25, 0.3) is 0 Å².